The van der Waals surface area contributed by atoms with E-state index in [1.165, 1.54) is 11.3 Å². The molecular weight excluding hydrogens is 288 g/mol. The lowest BCUT2D eigenvalue weighted by atomic mass is 10.0. The summed E-state index contributed by atoms with van der Waals surface area (Å²) >= 11 is 0. The number of carbonyl (C=O) groups excluding carboxylic acids is 1. The average Bonchev–Trinajstić information content (AvgIpc) is 3.08. The van der Waals surface area contributed by atoms with Gasteiger partial charge in [0.1, 0.15) is 0 Å². The molecule has 1 aliphatic heterocycles. The Bertz CT molecular complexity index is 664. The lowest BCUT2D eigenvalue weighted by Gasteiger charge is -2.40. The van der Waals surface area contributed by atoms with Gasteiger partial charge in [0.25, 0.3) is 5.91 Å². The van der Waals surface area contributed by atoms with Crippen molar-refractivity contribution in [3.05, 3.63) is 54.0 Å². The van der Waals surface area contributed by atoms with Crippen LogP contribution in [0.3, 0.4) is 0 Å². The highest BCUT2D eigenvalue weighted by atomic mass is 16.3. The van der Waals surface area contributed by atoms with Gasteiger partial charge in [-0.05, 0) is 48.7 Å². The first-order valence-electron chi connectivity index (χ1n) is 8.16. The maximum absolute atomic E-state index is 12.5. The summed E-state index contributed by atoms with van der Waals surface area (Å²) in [5, 5.41) is 0. The SMILES string of the molecule is CC(C)c1c[c]cc(N2CCN(C(=O)c3ccco3)C(C)C2)c1. The van der Waals surface area contributed by atoms with Crippen LogP contribution in [-0.4, -0.2) is 36.5 Å². The number of carbonyl (C=O) groups is 1. The second kappa shape index (κ2) is 6.49. The van der Waals surface area contributed by atoms with E-state index in [2.05, 4.69) is 37.8 Å². The molecule has 1 aliphatic rings. The Morgan fingerprint density at radius 2 is 2.17 bits per heavy atom. The Balaban J connectivity index is 1.71. The topological polar surface area (TPSA) is 36.7 Å². The van der Waals surface area contributed by atoms with Crippen LogP contribution in [0.4, 0.5) is 5.69 Å². The predicted octanol–water partition coefficient (Wildman–Crippen LogP) is 3.55. The van der Waals surface area contributed by atoms with Crippen LogP contribution < -0.4 is 4.90 Å². The van der Waals surface area contributed by atoms with Crippen molar-refractivity contribution >= 4 is 11.6 Å². The highest BCUT2D eigenvalue weighted by Gasteiger charge is 2.29. The molecule has 4 heteroatoms. The summed E-state index contributed by atoms with van der Waals surface area (Å²) in [6, 6.07) is 13.2. The van der Waals surface area contributed by atoms with Crippen LogP contribution in [0.25, 0.3) is 0 Å². The lowest BCUT2D eigenvalue weighted by molar-refractivity contribution is 0.0641. The van der Waals surface area contributed by atoms with Crippen LogP contribution in [0.2, 0.25) is 0 Å². The Morgan fingerprint density at radius 3 is 2.83 bits per heavy atom. The fourth-order valence-corrected chi connectivity index (χ4v) is 3.03. The van der Waals surface area contributed by atoms with Crippen LogP contribution in [0.5, 0.6) is 0 Å². The van der Waals surface area contributed by atoms with E-state index in [0.717, 1.165) is 13.1 Å². The van der Waals surface area contributed by atoms with Gasteiger partial charge < -0.3 is 14.2 Å². The van der Waals surface area contributed by atoms with Crippen LogP contribution in [0, 0.1) is 6.07 Å². The molecule has 2 aromatic rings. The molecule has 1 aromatic heterocycles. The molecule has 0 saturated carbocycles. The van der Waals surface area contributed by atoms with Crippen LogP contribution >= 0.6 is 0 Å². The van der Waals surface area contributed by atoms with E-state index in [1.807, 2.05) is 17.0 Å². The van der Waals surface area contributed by atoms with Crippen molar-refractivity contribution < 1.29 is 9.21 Å². The fraction of sp³-hybridized carbons (Fsp3) is 0.421. The van der Waals surface area contributed by atoms with E-state index in [9.17, 15) is 4.79 Å². The summed E-state index contributed by atoms with van der Waals surface area (Å²) in [7, 11) is 0. The van der Waals surface area contributed by atoms with Gasteiger partial charge in [-0.25, -0.2) is 0 Å². The zero-order chi connectivity index (χ0) is 16.4. The molecule has 0 N–H and O–H groups in total. The van der Waals surface area contributed by atoms with E-state index in [-0.39, 0.29) is 11.9 Å². The molecule has 1 atom stereocenters. The van der Waals surface area contributed by atoms with Crippen molar-refractivity contribution in [3.8, 4) is 0 Å². The monoisotopic (exact) mass is 311 g/mol. The predicted molar refractivity (Wildman–Crippen MR) is 90.8 cm³/mol. The number of hydrogen-bond donors (Lipinski definition) is 0. The van der Waals surface area contributed by atoms with Crippen molar-refractivity contribution in [1.29, 1.82) is 0 Å². The summed E-state index contributed by atoms with van der Waals surface area (Å²) in [6.45, 7) is 8.81. The molecule has 0 spiro atoms. The fourth-order valence-electron chi connectivity index (χ4n) is 3.03. The van der Waals surface area contributed by atoms with E-state index >= 15 is 0 Å². The molecule has 1 unspecified atom stereocenters. The van der Waals surface area contributed by atoms with Crippen molar-refractivity contribution in [2.45, 2.75) is 32.7 Å². The van der Waals surface area contributed by atoms with Gasteiger partial charge in [0, 0.05) is 31.4 Å². The third-order valence-electron chi connectivity index (χ3n) is 4.45. The Labute approximate surface area is 137 Å². The van der Waals surface area contributed by atoms with Crippen molar-refractivity contribution in [2.24, 2.45) is 0 Å². The normalized spacial score (nSPS) is 18.5. The highest BCUT2D eigenvalue weighted by Crippen LogP contribution is 2.24. The van der Waals surface area contributed by atoms with E-state index < -0.39 is 0 Å². The second-order valence-electron chi connectivity index (χ2n) is 6.45. The largest absolute Gasteiger partial charge is 0.459 e. The molecule has 2 heterocycles. The number of nitrogens with zero attached hydrogens (tertiary/aromatic N) is 2. The van der Waals surface area contributed by atoms with Gasteiger partial charge in [-0.2, -0.15) is 0 Å². The highest BCUT2D eigenvalue weighted by molar-refractivity contribution is 5.91. The number of hydrogen-bond acceptors (Lipinski definition) is 3. The van der Waals surface area contributed by atoms with Gasteiger partial charge in [0.05, 0.1) is 6.26 Å². The van der Waals surface area contributed by atoms with Crippen LogP contribution in [0.15, 0.2) is 41.0 Å². The summed E-state index contributed by atoms with van der Waals surface area (Å²) in [6.07, 6.45) is 1.54. The van der Waals surface area contributed by atoms with Crippen molar-refractivity contribution in [1.82, 2.24) is 4.90 Å². The standard InChI is InChI=1S/C19H23N2O2/c1-14(2)16-6-4-7-17(12-16)20-9-10-21(15(3)13-20)19(22)18-8-5-11-23-18/h5-8,11-12,14-15H,9-10,13H2,1-3H3. The average molecular weight is 311 g/mol. The number of furan rings is 1. The lowest BCUT2D eigenvalue weighted by Crippen LogP contribution is -2.54. The zero-order valence-corrected chi connectivity index (χ0v) is 14.0. The molecule has 1 amide bonds. The van der Waals surface area contributed by atoms with Crippen molar-refractivity contribution in [3.63, 3.8) is 0 Å². The summed E-state index contributed by atoms with van der Waals surface area (Å²) in [4.78, 5) is 16.7. The second-order valence-corrected chi connectivity index (χ2v) is 6.45. The Hall–Kier alpha value is -2.23. The molecule has 1 radical (unpaired) electrons. The molecule has 121 valence electrons. The summed E-state index contributed by atoms with van der Waals surface area (Å²) < 4.78 is 5.24. The van der Waals surface area contributed by atoms with Crippen molar-refractivity contribution in [2.75, 3.05) is 24.5 Å². The van der Waals surface area contributed by atoms with Crippen LogP contribution in [-0.2, 0) is 0 Å². The Morgan fingerprint density at radius 1 is 1.35 bits per heavy atom. The zero-order valence-electron chi connectivity index (χ0n) is 14.0. The first kappa shape index (κ1) is 15.7. The first-order chi connectivity index (χ1) is 11.1. The number of rotatable bonds is 3. The van der Waals surface area contributed by atoms with Crippen LogP contribution in [0.1, 0.15) is 42.8 Å². The van der Waals surface area contributed by atoms with Gasteiger partial charge in [0.15, 0.2) is 5.76 Å². The van der Waals surface area contributed by atoms with E-state index in [0.29, 0.717) is 18.2 Å². The summed E-state index contributed by atoms with van der Waals surface area (Å²) in [5.41, 5.74) is 2.48. The van der Waals surface area contributed by atoms with Gasteiger partial charge in [-0.3, -0.25) is 4.79 Å². The maximum atomic E-state index is 12.5. The Kier molecular flexibility index (Phi) is 4.42. The number of benzene rings is 1. The molecule has 3 rings (SSSR count). The van der Waals surface area contributed by atoms with E-state index in [1.54, 1.807) is 18.4 Å². The quantitative estimate of drug-likeness (QED) is 0.870. The third-order valence-corrected chi connectivity index (χ3v) is 4.45. The minimum atomic E-state index is -0.0235. The molecule has 23 heavy (non-hydrogen) atoms. The minimum Gasteiger partial charge on any atom is -0.459 e. The molecule has 1 aromatic carbocycles. The minimum absolute atomic E-state index is 0.0235. The smallest absolute Gasteiger partial charge is 0.289 e. The molecule has 4 nitrogen and oxygen atoms in total. The third kappa shape index (κ3) is 3.26. The maximum Gasteiger partial charge on any atom is 0.289 e. The first-order valence-corrected chi connectivity index (χ1v) is 8.16. The summed E-state index contributed by atoms with van der Waals surface area (Å²) in [5.74, 6) is 0.885. The molecular formula is C19H23N2O2. The number of anilines is 1. The number of piperazine rings is 1. The van der Waals surface area contributed by atoms with Gasteiger partial charge in [0.2, 0.25) is 0 Å². The molecule has 1 fully saturated rings. The number of amides is 1. The van der Waals surface area contributed by atoms with Gasteiger partial charge in [-0.15, -0.1) is 0 Å². The molecule has 0 aliphatic carbocycles. The van der Waals surface area contributed by atoms with E-state index in [4.69, 9.17) is 4.42 Å². The van der Waals surface area contributed by atoms with Gasteiger partial charge >= 0.3 is 0 Å². The van der Waals surface area contributed by atoms with Gasteiger partial charge in [-0.1, -0.05) is 19.9 Å². The molecule has 1 saturated heterocycles. The molecule has 0 bridgehead atoms.